The second-order valence-electron chi connectivity index (χ2n) is 4.80. The summed E-state index contributed by atoms with van der Waals surface area (Å²) in [7, 11) is 0. The fourth-order valence-corrected chi connectivity index (χ4v) is 2.27. The van der Waals surface area contributed by atoms with Crippen molar-refractivity contribution in [1.82, 2.24) is 0 Å². The lowest BCUT2D eigenvalue weighted by Gasteiger charge is -2.07. The summed E-state index contributed by atoms with van der Waals surface area (Å²) in [5.74, 6) is -1.53. The van der Waals surface area contributed by atoms with Crippen LogP contribution in [0.2, 0.25) is 10.0 Å². The highest BCUT2D eigenvalue weighted by Gasteiger charge is 2.11. The number of nitrogens with one attached hydrogen (secondary N) is 1. The summed E-state index contributed by atoms with van der Waals surface area (Å²) in [6, 6.07) is 11.3. The van der Waals surface area contributed by atoms with Crippen molar-refractivity contribution >= 4 is 46.3 Å². The van der Waals surface area contributed by atoms with E-state index in [9.17, 15) is 9.59 Å². The highest BCUT2D eigenvalue weighted by molar-refractivity contribution is 6.42. The van der Waals surface area contributed by atoms with Gasteiger partial charge in [-0.3, -0.25) is 4.79 Å². The predicted molar refractivity (Wildman–Crippen MR) is 92.1 cm³/mol. The standard InChI is InChI=1S/C17H13Cl2NO3/c1-10(11-6-7-13(18)14(19)9-11)8-16(21)20-15-5-3-2-4-12(15)17(22)23/h2-9H,1H3,(H,20,21)(H,22,23)/b10-8-. The molecule has 0 unspecified atom stereocenters. The molecule has 2 N–H and O–H groups in total. The molecule has 0 spiro atoms. The summed E-state index contributed by atoms with van der Waals surface area (Å²) in [6.07, 6.45) is 1.37. The molecule has 6 heteroatoms. The van der Waals surface area contributed by atoms with Gasteiger partial charge in [-0.15, -0.1) is 0 Å². The number of aromatic carboxylic acids is 1. The molecule has 0 fully saturated rings. The minimum atomic E-state index is -1.11. The van der Waals surface area contributed by atoms with E-state index < -0.39 is 11.9 Å². The zero-order valence-electron chi connectivity index (χ0n) is 12.1. The molecule has 0 aliphatic rings. The molecule has 2 rings (SSSR count). The van der Waals surface area contributed by atoms with E-state index in [1.165, 1.54) is 18.2 Å². The molecule has 0 aromatic heterocycles. The lowest BCUT2D eigenvalue weighted by atomic mass is 10.1. The molecule has 2 aromatic rings. The summed E-state index contributed by atoms with van der Waals surface area (Å²) in [4.78, 5) is 23.2. The van der Waals surface area contributed by atoms with E-state index in [1.807, 2.05) is 0 Å². The van der Waals surface area contributed by atoms with Gasteiger partial charge in [-0.25, -0.2) is 4.79 Å². The van der Waals surface area contributed by atoms with Crippen LogP contribution in [0, 0.1) is 0 Å². The highest BCUT2D eigenvalue weighted by Crippen LogP contribution is 2.26. The normalized spacial score (nSPS) is 11.2. The van der Waals surface area contributed by atoms with Crippen LogP contribution in [0.25, 0.3) is 5.57 Å². The maximum atomic E-state index is 12.1. The molecule has 23 heavy (non-hydrogen) atoms. The number of carbonyl (C=O) groups is 2. The second kappa shape index (κ2) is 7.31. The van der Waals surface area contributed by atoms with Crippen molar-refractivity contribution in [3.8, 4) is 0 Å². The minimum absolute atomic E-state index is 0.0291. The van der Waals surface area contributed by atoms with Crippen LogP contribution in [0.4, 0.5) is 5.69 Å². The molecule has 0 bridgehead atoms. The Labute approximate surface area is 143 Å². The molecule has 0 saturated heterocycles. The van der Waals surface area contributed by atoms with Gasteiger partial charge in [0.25, 0.3) is 0 Å². The quantitative estimate of drug-likeness (QED) is 0.783. The van der Waals surface area contributed by atoms with Gasteiger partial charge in [0.2, 0.25) is 5.91 Å². The van der Waals surface area contributed by atoms with Crippen LogP contribution in [0.15, 0.2) is 48.5 Å². The third-order valence-electron chi connectivity index (χ3n) is 3.14. The maximum absolute atomic E-state index is 12.1. The fourth-order valence-electron chi connectivity index (χ4n) is 1.97. The van der Waals surface area contributed by atoms with Gasteiger partial charge in [-0.05, 0) is 42.3 Å². The number of halogens is 2. The number of carboxylic acids is 1. The largest absolute Gasteiger partial charge is 0.478 e. The molecule has 118 valence electrons. The van der Waals surface area contributed by atoms with Gasteiger partial charge in [-0.1, -0.05) is 41.4 Å². The average molecular weight is 350 g/mol. The van der Waals surface area contributed by atoms with Gasteiger partial charge >= 0.3 is 5.97 Å². The zero-order valence-corrected chi connectivity index (χ0v) is 13.7. The van der Waals surface area contributed by atoms with E-state index in [2.05, 4.69) is 5.32 Å². The molecule has 0 aliphatic carbocycles. The Kier molecular flexibility index (Phi) is 5.42. The van der Waals surface area contributed by atoms with Crippen LogP contribution in [0.1, 0.15) is 22.8 Å². The Morgan fingerprint density at radius 1 is 1.09 bits per heavy atom. The lowest BCUT2D eigenvalue weighted by molar-refractivity contribution is -0.111. The first-order valence-corrected chi connectivity index (χ1v) is 7.41. The van der Waals surface area contributed by atoms with Gasteiger partial charge in [0.05, 0.1) is 21.3 Å². The Balaban J connectivity index is 2.21. The first kappa shape index (κ1) is 17.1. The lowest BCUT2D eigenvalue weighted by Crippen LogP contribution is -2.12. The number of hydrogen-bond acceptors (Lipinski definition) is 2. The van der Waals surface area contributed by atoms with Gasteiger partial charge < -0.3 is 10.4 Å². The van der Waals surface area contributed by atoms with Crippen LogP contribution < -0.4 is 5.32 Å². The van der Waals surface area contributed by atoms with Crippen molar-refractivity contribution in [2.75, 3.05) is 5.32 Å². The fraction of sp³-hybridized carbons (Fsp3) is 0.0588. The number of hydrogen-bond donors (Lipinski definition) is 2. The molecular weight excluding hydrogens is 337 g/mol. The van der Waals surface area contributed by atoms with Gasteiger partial charge in [0.15, 0.2) is 0 Å². The van der Waals surface area contributed by atoms with E-state index in [0.717, 1.165) is 5.56 Å². The summed E-state index contributed by atoms with van der Waals surface area (Å²) in [5, 5.41) is 12.5. The number of carbonyl (C=O) groups excluding carboxylic acids is 1. The summed E-state index contributed by atoms with van der Waals surface area (Å²) < 4.78 is 0. The predicted octanol–water partition coefficient (Wildman–Crippen LogP) is 4.73. The number of amides is 1. The van der Waals surface area contributed by atoms with E-state index in [4.69, 9.17) is 28.3 Å². The van der Waals surface area contributed by atoms with Crippen LogP contribution in [0.5, 0.6) is 0 Å². The van der Waals surface area contributed by atoms with Crippen LogP contribution >= 0.6 is 23.2 Å². The minimum Gasteiger partial charge on any atom is -0.478 e. The third-order valence-corrected chi connectivity index (χ3v) is 3.88. The molecule has 0 radical (unpaired) electrons. The zero-order chi connectivity index (χ0) is 17.0. The topological polar surface area (TPSA) is 66.4 Å². The Bertz CT molecular complexity index is 800. The second-order valence-corrected chi connectivity index (χ2v) is 5.61. The van der Waals surface area contributed by atoms with Crippen LogP contribution in [-0.4, -0.2) is 17.0 Å². The summed E-state index contributed by atoms with van der Waals surface area (Å²) in [5.41, 5.74) is 1.69. The van der Waals surface area contributed by atoms with Crippen molar-refractivity contribution < 1.29 is 14.7 Å². The molecule has 0 saturated carbocycles. The third kappa shape index (κ3) is 4.34. The van der Waals surface area contributed by atoms with Crippen molar-refractivity contribution in [3.05, 3.63) is 69.7 Å². The Morgan fingerprint density at radius 2 is 1.78 bits per heavy atom. The molecule has 1 amide bonds. The van der Waals surface area contributed by atoms with Gasteiger partial charge in [-0.2, -0.15) is 0 Å². The SMILES string of the molecule is C/C(=C/C(=O)Nc1ccccc1C(=O)O)c1ccc(Cl)c(Cl)c1. The van der Waals surface area contributed by atoms with Crippen molar-refractivity contribution in [2.45, 2.75) is 6.92 Å². The van der Waals surface area contributed by atoms with Gasteiger partial charge in [0.1, 0.15) is 0 Å². The van der Waals surface area contributed by atoms with E-state index in [-0.39, 0.29) is 11.3 Å². The number of allylic oxidation sites excluding steroid dienone is 1. The smallest absolute Gasteiger partial charge is 0.337 e. The van der Waals surface area contributed by atoms with Crippen molar-refractivity contribution in [2.24, 2.45) is 0 Å². The Morgan fingerprint density at radius 3 is 2.43 bits per heavy atom. The first-order chi connectivity index (χ1) is 10.9. The molecular formula is C17H13Cl2NO3. The number of benzene rings is 2. The number of para-hydroxylation sites is 1. The Hall–Kier alpha value is -2.30. The van der Waals surface area contributed by atoms with Crippen molar-refractivity contribution in [3.63, 3.8) is 0 Å². The molecule has 4 nitrogen and oxygen atoms in total. The highest BCUT2D eigenvalue weighted by atomic mass is 35.5. The van der Waals surface area contributed by atoms with Crippen LogP contribution in [-0.2, 0) is 4.79 Å². The van der Waals surface area contributed by atoms with E-state index >= 15 is 0 Å². The molecule has 0 heterocycles. The van der Waals surface area contributed by atoms with E-state index in [0.29, 0.717) is 15.6 Å². The summed E-state index contributed by atoms with van der Waals surface area (Å²) >= 11 is 11.8. The molecule has 0 aliphatic heterocycles. The van der Waals surface area contributed by atoms with Crippen molar-refractivity contribution in [1.29, 1.82) is 0 Å². The average Bonchev–Trinajstić information content (AvgIpc) is 2.50. The van der Waals surface area contributed by atoms with Gasteiger partial charge in [0, 0.05) is 6.08 Å². The van der Waals surface area contributed by atoms with Crippen LogP contribution in [0.3, 0.4) is 0 Å². The van der Waals surface area contributed by atoms with E-state index in [1.54, 1.807) is 37.3 Å². The molecule has 2 aromatic carbocycles. The number of carboxylic acid groups (broad SMARTS) is 1. The molecule has 0 atom stereocenters. The number of anilines is 1. The monoisotopic (exact) mass is 349 g/mol. The number of rotatable bonds is 4. The summed E-state index contributed by atoms with van der Waals surface area (Å²) in [6.45, 7) is 1.75. The maximum Gasteiger partial charge on any atom is 0.337 e. The first-order valence-electron chi connectivity index (χ1n) is 6.65.